The van der Waals surface area contributed by atoms with E-state index in [-0.39, 0.29) is 24.3 Å². The molecule has 3 aromatic rings. The number of amides is 2. The van der Waals surface area contributed by atoms with Crippen molar-refractivity contribution < 1.29 is 19.1 Å². The van der Waals surface area contributed by atoms with Crippen LogP contribution < -0.4 is 9.47 Å². The summed E-state index contributed by atoms with van der Waals surface area (Å²) < 4.78 is 12.3. The Bertz CT molecular complexity index is 1390. The number of carbonyl (C=O) groups is 2. The first-order valence-electron chi connectivity index (χ1n) is 10.4. The van der Waals surface area contributed by atoms with E-state index >= 15 is 0 Å². The average Bonchev–Trinajstić information content (AvgIpc) is 3.11. The fourth-order valence-electron chi connectivity index (χ4n) is 3.45. The molecule has 4 rings (SSSR count). The quantitative estimate of drug-likeness (QED) is 0.219. The van der Waals surface area contributed by atoms with Gasteiger partial charge in [0.1, 0.15) is 6.61 Å². The van der Waals surface area contributed by atoms with Crippen molar-refractivity contribution in [2.75, 3.05) is 7.11 Å². The second kappa shape index (κ2) is 11.2. The zero-order valence-electron chi connectivity index (χ0n) is 18.5. The van der Waals surface area contributed by atoms with Crippen LogP contribution in [0.25, 0.3) is 6.08 Å². The van der Waals surface area contributed by atoms with Gasteiger partial charge in [0.05, 0.1) is 33.8 Å². The molecule has 0 radical (unpaired) electrons. The van der Waals surface area contributed by atoms with Gasteiger partial charge >= 0.3 is 0 Å². The number of hydrogen-bond acceptors (Lipinski definition) is 6. The summed E-state index contributed by atoms with van der Waals surface area (Å²) in [5.74, 6) is 0.639. The monoisotopic (exact) mass is 616 g/mol. The topological polar surface area (TPSA) is 79.6 Å². The smallest absolute Gasteiger partial charge is 0.293 e. The minimum Gasteiger partial charge on any atom is -0.493 e. The molecular weight excluding hydrogens is 599 g/mol. The van der Waals surface area contributed by atoms with Gasteiger partial charge in [-0.1, -0.05) is 48.0 Å². The third-order valence-electron chi connectivity index (χ3n) is 5.22. The summed E-state index contributed by atoms with van der Waals surface area (Å²) in [5, 5.41) is 9.45. The van der Waals surface area contributed by atoms with Gasteiger partial charge in [0.25, 0.3) is 11.1 Å². The normalized spacial score (nSPS) is 14.3. The number of hydrogen-bond donors (Lipinski definition) is 0. The molecule has 1 aliphatic rings. The van der Waals surface area contributed by atoms with Crippen molar-refractivity contribution in [1.29, 1.82) is 5.26 Å². The summed E-state index contributed by atoms with van der Waals surface area (Å²) in [4.78, 5) is 27.0. The van der Waals surface area contributed by atoms with Gasteiger partial charge in [0.15, 0.2) is 11.5 Å². The van der Waals surface area contributed by atoms with Crippen LogP contribution in [0.5, 0.6) is 11.5 Å². The minimum atomic E-state index is -0.373. The first-order chi connectivity index (χ1) is 16.9. The Morgan fingerprint density at radius 3 is 2.54 bits per heavy atom. The van der Waals surface area contributed by atoms with Crippen LogP contribution in [0.4, 0.5) is 4.79 Å². The second-order valence-corrected chi connectivity index (χ2v) is 10.0. The van der Waals surface area contributed by atoms with Crippen molar-refractivity contribution in [2.24, 2.45) is 0 Å². The maximum atomic E-state index is 13.0. The summed E-state index contributed by atoms with van der Waals surface area (Å²) in [7, 11) is 1.53. The molecule has 9 heteroatoms. The first kappa shape index (κ1) is 25.1. The highest BCUT2D eigenvalue weighted by Gasteiger charge is 2.35. The Balaban J connectivity index is 1.55. The molecule has 0 atom stereocenters. The van der Waals surface area contributed by atoms with Crippen LogP contribution in [0.3, 0.4) is 0 Å². The van der Waals surface area contributed by atoms with E-state index in [0.717, 1.165) is 20.9 Å². The van der Waals surface area contributed by atoms with Gasteiger partial charge in [0.2, 0.25) is 0 Å². The molecule has 2 amide bonds. The van der Waals surface area contributed by atoms with Crippen LogP contribution in [0.1, 0.15) is 22.3 Å². The fourth-order valence-corrected chi connectivity index (χ4v) is 5.27. The molecule has 3 aromatic carbocycles. The second-order valence-electron chi connectivity index (χ2n) is 7.45. The van der Waals surface area contributed by atoms with Crippen LogP contribution in [0.15, 0.2) is 65.6 Å². The Hall–Kier alpha value is -3.00. The van der Waals surface area contributed by atoms with E-state index in [0.29, 0.717) is 38.1 Å². The lowest BCUT2D eigenvalue weighted by Gasteiger charge is -2.14. The lowest BCUT2D eigenvalue weighted by molar-refractivity contribution is -0.123. The van der Waals surface area contributed by atoms with Crippen molar-refractivity contribution in [1.82, 2.24) is 4.90 Å². The molecule has 1 heterocycles. The Kier molecular flexibility index (Phi) is 8.00. The number of halogens is 2. The van der Waals surface area contributed by atoms with E-state index in [4.69, 9.17) is 21.1 Å². The van der Waals surface area contributed by atoms with E-state index in [2.05, 4.69) is 28.7 Å². The lowest BCUT2D eigenvalue weighted by atomic mass is 10.1. The summed E-state index contributed by atoms with van der Waals surface area (Å²) in [6.45, 7) is 0.315. The van der Waals surface area contributed by atoms with E-state index in [9.17, 15) is 14.9 Å². The number of benzene rings is 3. The van der Waals surface area contributed by atoms with Gasteiger partial charge in [-0.3, -0.25) is 14.5 Å². The Morgan fingerprint density at radius 2 is 1.83 bits per heavy atom. The van der Waals surface area contributed by atoms with E-state index in [1.165, 1.54) is 12.0 Å². The van der Waals surface area contributed by atoms with Crippen molar-refractivity contribution >= 4 is 63.2 Å². The maximum absolute atomic E-state index is 13.0. The maximum Gasteiger partial charge on any atom is 0.293 e. The Morgan fingerprint density at radius 1 is 1.11 bits per heavy atom. The molecule has 0 bridgehead atoms. The molecule has 176 valence electrons. The van der Waals surface area contributed by atoms with Gasteiger partial charge < -0.3 is 9.47 Å². The minimum absolute atomic E-state index is 0.111. The highest BCUT2D eigenvalue weighted by atomic mass is 127. The van der Waals surface area contributed by atoms with Crippen molar-refractivity contribution in [3.63, 3.8) is 0 Å². The number of nitriles is 1. The number of carbonyl (C=O) groups excluding carboxylic acids is 2. The summed E-state index contributed by atoms with van der Waals surface area (Å²) in [5.41, 5.74) is 2.71. The number of ether oxygens (including phenoxy) is 2. The predicted molar refractivity (Wildman–Crippen MR) is 144 cm³/mol. The van der Waals surface area contributed by atoms with Crippen molar-refractivity contribution in [2.45, 2.75) is 13.2 Å². The molecule has 0 saturated carbocycles. The van der Waals surface area contributed by atoms with Gasteiger partial charge in [-0.25, -0.2) is 0 Å². The lowest BCUT2D eigenvalue weighted by Crippen LogP contribution is -2.27. The summed E-state index contributed by atoms with van der Waals surface area (Å²) in [6.07, 6.45) is 1.66. The fraction of sp³-hybridized carbons (Fsp3) is 0.115. The van der Waals surface area contributed by atoms with Gasteiger partial charge in [0, 0.05) is 10.6 Å². The molecule has 0 spiro atoms. The molecule has 0 N–H and O–H groups in total. The van der Waals surface area contributed by atoms with Crippen LogP contribution >= 0.6 is 46.0 Å². The number of thioether (sulfide) groups is 1. The Labute approximate surface area is 225 Å². The summed E-state index contributed by atoms with van der Waals surface area (Å²) >= 11 is 9.22. The molecular formula is C26H18ClIN2O4S. The molecule has 0 unspecified atom stereocenters. The first-order valence-corrected chi connectivity index (χ1v) is 12.7. The largest absolute Gasteiger partial charge is 0.493 e. The molecule has 1 fully saturated rings. The van der Waals surface area contributed by atoms with E-state index < -0.39 is 0 Å². The van der Waals surface area contributed by atoms with Crippen LogP contribution in [0.2, 0.25) is 5.02 Å². The SMILES string of the molecule is COc1cc(/C=C2/SC(=O)N(Cc3ccccc3Cl)C2=O)cc(I)c1OCc1ccccc1C#N. The number of nitrogens with zero attached hydrogens (tertiary/aromatic N) is 2. The average molecular weight is 617 g/mol. The molecule has 1 aliphatic heterocycles. The number of rotatable bonds is 7. The number of imide groups is 1. The van der Waals surface area contributed by atoms with E-state index in [1.54, 1.807) is 42.5 Å². The third-order valence-corrected chi connectivity index (χ3v) is 7.30. The van der Waals surface area contributed by atoms with Crippen molar-refractivity contribution in [3.8, 4) is 17.6 Å². The predicted octanol–water partition coefficient (Wildman–Crippen LogP) is 6.64. The van der Waals surface area contributed by atoms with Crippen molar-refractivity contribution in [3.05, 3.63) is 96.4 Å². The molecule has 1 saturated heterocycles. The number of methoxy groups -OCH3 is 1. The molecule has 0 aliphatic carbocycles. The summed E-state index contributed by atoms with van der Waals surface area (Å²) in [6, 6.07) is 20.1. The molecule has 0 aromatic heterocycles. The van der Waals surface area contributed by atoms with Gasteiger partial charge in [-0.2, -0.15) is 5.26 Å². The van der Waals surface area contributed by atoms with Gasteiger partial charge in [-0.15, -0.1) is 0 Å². The molecule has 35 heavy (non-hydrogen) atoms. The third kappa shape index (κ3) is 5.64. The zero-order chi connectivity index (χ0) is 24.9. The van der Waals surface area contributed by atoms with Crippen LogP contribution in [-0.4, -0.2) is 23.2 Å². The highest BCUT2D eigenvalue weighted by molar-refractivity contribution is 14.1. The van der Waals surface area contributed by atoms with Crippen LogP contribution in [0, 0.1) is 14.9 Å². The highest BCUT2D eigenvalue weighted by Crippen LogP contribution is 2.38. The molecule has 6 nitrogen and oxygen atoms in total. The van der Waals surface area contributed by atoms with Crippen LogP contribution in [-0.2, 0) is 17.9 Å². The zero-order valence-corrected chi connectivity index (χ0v) is 22.2. The van der Waals surface area contributed by atoms with E-state index in [1.807, 2.05) is 24.3 Å². The van der Waals surface area contributed by atoms with Gasteiger partial charge in [-0.05, 0) is 75.8 Å². The standard InChI is InChI=1S/C26H18ClIN2O4S/c1-33-22-11-16(10-21(28)24(22)34-15-19-8-3-2-6-17(19)13-29)12-23-25(31)30(26(32)35-23)14-18-7-4-5-9-20(18)27/h2-12H,14-15H2,1H3/b23-12+.